The number of para-hydroxylation sites is 2. The lowest BCUT2D eigenvalue weighted by Crippen LogP contribution is -2.23. The second-order valence-corrected chi connectivity index (χ2v) is 5.41. The number of aromatic amines is 1. The van der Waals surface area contributed by atoms with Crippen molar-refractivity contribution in [3.63, 3.8) is 0 Å². The third-order valence-corrected chi connectivity index (χ3v) is 4.10. The Kier molecular flexibility index (Phi) is 3.56. The number of methoxy groups -OCH3 is 1. The van der Waals surface area contributed by atoms with Crippen LogP contribution in [0.3, 0.4) is 0 Å². The Morgan fingerprint density at radius 3 is 2.86 bits per heavy atom. The minimum Gasteiger partial charge on any atom is -0.505 e. The highest BCUT2D eigenvalue weighted by atomic mass is 32.1. The van der Waals surface area contributed by atoms with Crippen LogP contribution in [0.1, 0.15) is 10.4 Å². The van der Waals surface area contributed by atoms with Crippen molar-refractivity contribution in [3.8, 4) is 11.5 Å². The maximum Gasteiger partial charge on any atom is 0.265 e. The second-order valence-electron chi connectivity index (χ2n) is 4.50. The summed E-state index contributed by atoms with van der Waals surface area (Å²) in [6.07, 6.45) is 0. The lowest BCUT2D eigenvalue weighted by Gasteiger charge is -2.10. The number of fused-ring (bicyclic) bond motifs is 1. The molecule has 0 aliphatic heterocycles. The Morgan fingerprint density at radius 2 is 2.09 bits per heavy atom. The molecule has 6 nitrogen and oxygen atoms in total. The van der Waals surface area contributed by atoms with E-state index in [0.717, 1.165) is 0 Å². The van der Waals surface area contributed by atoms with Crippen LogP contribution in [0.15, 0.2) is 40.5 Å². The molecule has 0 aliphatic carbocycles. The van der Waals surface area contributed by atoms with Crippen LogP contribution in [0.4, 0.5) is 5.69 Å². The number of thiophene rings is 1. The number of H-pyrrole nitrogens is 1. The predicted octanol–water partition coefficient (Wildman–Crippen LogP) is 2.56. The maximum absolute atomic E-state index is 12.3. The third-order valence-electron chi connectivity index (χ3n) is 3.17. The van der Waals surface area contributed by atoms with Gasteiger partial charge in [-0.3, -0.25) is 9.59 Å². The number of aromatic hydroxyl groups is 1. The van der Waals surface area contributed by atoms with Crippen molar-refractivity contribution in [1.29, 1.82) is 0 Å². The Morgan fingerprint density at radius 1 is 1.32 bits per heavy atom. The van der Waals surface area contributed by atoms with Gasteiger partial charge in [0.1, 0.15) is 11.3 Å². The van der Waals surface area contributed by atoms with Crippen LogP contribution in [0.25, 0.3) is 10.2 Å². The summed E-state index contributed by atoms with van der Waals surface area (Å²) >= 11 is 1.24. The molecule has 0 spiro atoms. The number of hydrogen-bond donors (Lipinski definition) is 3. The van der Waals surface area contributed by atoms with Gasteiger partial charge in [-0.25, -0.2) is 0 Å². The molecule has 2 aromatic heterocycles. The number of hydrogen-bond acceptors (Lipinski definition) is 5. The van der Waals surface area contributed by atoms with Gasteiger partial charge < -0.3 is 20.1 Å². The number of anilines is 1. The van der Waals surface area contributed by atoms with Gasteiger partial charge in [-0.05, 0) is 23.6 Å². The van der Waals surface area contributed by atoms with Crippen LogP contribution in [0.5, 0.6) is 11.5 Å². The van der Waals surface area contributed by atoms with Crippen molar-refractivity contribution in [3.05, 3.63) is 51.6 Å². The van der Waals surface area contributed by atoms with Gasteiger partial charge in [0.2, 0.25) is 0 Å². The van der Waals surface area contributed by atoms with Crippen molar-refractivity contribution in [1.82, 2.24) is 4.98 Å². The molecule has 0 radical (unpaired) electrons. The monoisotopic (exact) mass is 316 g/mol. The number of rotatable bonds is 3. The summed E-state index contributed by atoms with van der Waals surface area (Å²) in [5.41, 5.74) is -0.0435. The molecule has 0 saturated heterocycles. The topological polar surface area (TPSA) is 91.4 Å². The average molecular weight is 316 g/mol. The SMILES string of the molecule is COc1ccccc1NC(=O)c1c(O)c2sccc2[nH]c1=O. The van der Waals surface area contributed by atoms with E-state index in [0.29, 0.717) is 21.7 Å². The summed E-state index contributed by atoms with van der Waals surface area (Å²) in [6.45, 7) is 0. The van der Waals surface area contributed by atoms with Gasteiger partial charge in [0, 0.05) is 0 Å². The van der Waals surface area contributed by atoms with Crippen LogP contribution in [-0.4, -0.2) is 23.1 Å². The standard InChI is InChI=1S/C15H12N2O4S/c1-21-10-5-3-2-4-8(10)16-14(19)11-12(18)13-9(6-7-22-13)17-15(11)20/h2-7H,1H3,(H,16,19)(H2,17,18,20). The molecule has 7 heteroatoms. The lowest BCUT2D eigenvalue weighted by atomic mass is 10.2. The smallest absolute Gasteiger partial charge is 0.265 e. The fraction of sp³-hybridized carbons (Fsp3) is 0.0667. The molecule has 0 aliphatic rings. The zero-order valence-corrected chi connectivity index (χ0v) is 12.4. The van der Waals surface area contributed by atoms with E-state index >= 15 is 0 Å². The van der Waals surface area contributed by atoms with E-state index in [1.165, 1.54) is 18.4 Å². The van der Waals surface area contributed by atoms with E-state index in [2.05, 4.69) is 10.3 Å². The summed E-state index contributed by atoms with van der Waals surface area (Å²) in [4.78, 5) is 27.0. The van der Waals surface area contributed by atoms with Crippen molar-refractivity contribution in [2.75, 3.05) is 12.4 Å². The Labute approximate surface area is 129 Å². The number of aromatic nitrogens is 1. The van der Waals surface area contributed by atoms with Gasteiger partial charge in [-0.2, -0.15) is 0 Å². The van der Waals surface area contributed by atoms with Gasteiger partial charge in [0.05, 0.1) is 23.0 Å². The molecular formula is C15H12N2O4S. The minimum absolute atomic E-state index is 0.318. The summed E-state index contributed by atoms with van der Waals surface area (Å²) in [5.74, 6) is -0.552. The highest BCUT2D eigenvalue weighted by molar-refractivity contribution is 7.17. The van der Waals surface area contributed by atoms with Gasteiger partial charge in [-0.1, -0.05) is 12.1 Å². The highest BCUT2D eigenvalue weighted by Gasteiger charge is 2.20. The molecule has 2 heterocycles. The fourth-order valence-electron chi connectivity index (χ4n) is 2.14. The molecule has 1 aromatic carbocycles. The van der Waals surface area contributed by atoms with Crippen LogP contribution >= 0.6 is 11.3 Å². The third kappa shape index (κ3) is 2.31. The normalized spacial score (nSPS) is 10.6. The number of carbonyl (C=O) groups is 1. The number of nitrogens with one attached hydrogen (secondary N) is 2. The number of pyridine rings is 1. The van der Waals surface area contributed by atoms with E-state index in [4.69, 9.17) is 4.74 Å². The minimum atomic E-state index is -0.696. The first kappa shape index (κ1) is 14.2. The Hall–Kier alpha value is -2.80. The first-order chi connectivity index (χ1) is 10.6. The molecule has 0 saturated carbocycles. The maximum atomic E-state index is 12.3. The zero-order valence-electron chi connectivity index (χ0n) is 11.5. The molecule has 3 N–H and O–H groups in total. The molecule has 22 heavy (non-hydrogen) atoms. The van der Waals surface area contributed by atoms with Crippen molar-refractivity contribution < 1.29 is 14.6 Å². The number of benzene rings is 1. The summed E-state index contributed by atoms with van der Waals surface area (Å²) in [5, 5.41) is 14.5. The molecule has 1 amide bonds. The van der Waals surface area contributed by atoms with Gasteiger partial charge in [0.25, 0.3) is 11.5 Å². The van der Waals surface area contributed by atoms with Crippen molar-refractivity contribution in [2.24, 2.45) is 0 Å². The molecule has 112 valence electrons. The number of carbonyl (C=O) groups excluding carboxylic acids is 1. The average Bonchev–Trinajstić information content (AvgIpc) is 2.96. The fourth-order valence-corrected chi connectivity index (χ4v) is 2.94. The molecule has 0 atom stereocenters. The molecule has 3 aromatic rings. The Bertz CT molecular complexity index is 913. The van der Waals surface area contributed by atoms with Gasteiger partial charge in [0.15, 0.2) is 5.75 Å². The van der Waals surface area contributed by atoms with E-state index in [1.54, 1.807) is 35.7 Å². The summed E-state index contributed by atoms with van der Waals surface area (Å²) in [7, 11) is 1.48. The van der Waals surface area contributed by atoms with Crippen molar-refractivity contribution >= 4 is 33.1 Å². The van der Waals surface area contributed by atoms with Crippen LogP contribution < -0.4 is 15.6 Å². The second kappa shape index (κ2) is 5.53. The van der Waals surface area contributed by atoms with E-state index < -0.39 is 11.5 Å². The predicted molar refractivity (Wildman–Crippen MR) is 85.1 cm³/mol. The lowest BCUT2D eigenvalue weighted by molar-refractivity contribution is 0.102. The van der Waals surface area contributed by atoms with Crippen LogP contribution in [0.2, 0.25) is 0 Å². The first-order valence-electron chi connectivity index (χ1n) is 6.38. The molecule has 0 bridgehead atoms. The van der Waals surface area contributed by atoms with Crippen LogP contribution in [0, 0.1) is 0 Å². The largest absolute Gasteiger partial charge is 0.505 e. The number of ether oxygens (including phenoxy) is 1. The van der Waals surface area contributed by atoms with Crippen molar-refractivity contribution in [2.45, 2.75) is 0 Å². The quantitative estimate of drug-likeness (QED) is 0.692. The Balaban J connectivity index is 2.04. The summed E-state index contributed by atoms with van der Waals surface area (Å²) < 4.78 is 5.60. The summed E-state index contributed by atoms with van der Waals surface area (Å²) in [6, 6.07) is 8.48. The van der Waals surface area contributed by atoms with E-state index in [9.17, 15) is 14.7 Å². The van der Waals surface area contributed by atoms with E-state index in [-0.39, 0.29) is 11.3 Å². The first-order valence-corrected chi connectivity index (χ1v) is 7.26. The van der Waals surface area contributed by atoms with E-state index in [1.807, 2.05) is 0 Å². The van der Waals surface area contributed by atoms with Gasteiger partial charge >= 0.3 is 0 Å². The molecular weight excluding hydrogens is 304 g/mol. The molecule has 3 rings (SSSR count). The molecule has 0 unspecified atom stereocenters. The highest BCUT2D eigenvalue weighted by Crippen LogP contribution is 2.30. The zero-order chi connectivity index (χ0) is 15.7. The number of amides is 1. The van der Waals surface area contributed by atoms with Crippen LogP contribution in [-0.2, 0) is 0 Å². The van der Waals surface area contributed by atoms with Gasteiger partial charge in [-0.15, -0.1) is 11.3 Å². The molecule has 0 fully saturated rings.